The fourth-order valence-electron chi connectivity index (χ4n) is 3.65. The van der Waals surface area contributed by atoms with E-state index in [9.17, 15) is 31.1 Å². The molecule has 0 bridgehead atoms. The van der Waals surface area contributed by atoms with Crippen LogP contribution in [0.3, 0.4) is 0 Å². The van der Waals surface area contributed by atoms with Crippen molar-refractivity contribution in [3.63, 3.8) is 0 Å². The lowest BCUT2D eigenvalue weighted by Gasteiger charge is -2.34. The molecule has 3 N–H and O–H groups in total. The molecule has 166 valence electrons. The fourth-order valence-corrected chi connectivity index (χ4v) is 3.65. The average molecular weight is 444 g/mol. The predicted molar refractivity (Wildman–Crippen MR) is 102 cm³/mol. The number of aromatic amines is 1. The molecule has 0 saturated carbocycles. The van der Waals surface area contributed by atoms with Gasteiger partial charge in [-0.15, -0.1) is 0 Å². The molecule has 3 aromatic rings. The number of benzene rings is 2. The Hall–Kier alpha value is -3.01. The van der Waals surface area contributed by atoms with Crippen LogP contribution in [0.5, 0.6) is 0 Å². The van der Waals surface area contributed by atoms with Crippen molar-refractivity contribution in [3.8, 4) is 5.69 Å². The predicted octanol–water partition coefficient (Wildman–Crippen LogP) is 3.60. The third-order valence-electron chi connectivity index (χ3n) is 5.10. The number of alkyl halides is 6. The van der Waals surface area contributed by atoms with Crippen molar-refractivity contribution >= 4 is 0 Å². The minimum Gasteiger partial charge on any atom is -0.322 e. The number of hydrogen-bond acceptors (Lipinski definition) is 1. The van der Waals surface area contributed by atoms with Gasteiger partial charge in [0.15, 0.2) is 0 Å². The summed E-state index contributed by atoms with van der Waals surface area (Å²) in [4.78, 5) is 12.9. The van der Waals surface area contributed by atoms with Crippen LogP contribution in [0.2, 0.25) is 0 Å². The molecule has 4 nitrogen and oxygen atoms in total. The van der Waals surface area contributed by atoms with Crippen molar-refractivity contribution < 1.29 is 31.7 Å². The summed E-state index contributed by atoms with van der Waals surface area (Å²) in [6.45, 7) is 0.506. The Kier molecular flexibility index (Phi) is 6.04. The number of hydrogen-bond donors (Lipinski definition) is 2. The molecule has 0 aliphatic heterocycles. The molecule has 2 aromatic carbocycles. The van der Waals surface area contributed by atoms with Crippen LogP contribution in [-0.2, 0) is 12.0 Å². The third kappa shape index (κ3) is 4.12. The average Bonchev–Trinajstić information content (AvgIpc) is 2.99. The molecule has 31 heavy (non-hydrogen) atoms. The lowest BCUT2D eigenvalue weighted by Crippen LogP contribution is -3.02. The summed E-state index contributed by atoms with van der Waals surface area (Å²) in [5.74, 6) is 0. The lowest BCUT2D eigenvalue weighted by molar-refractivity contribution is -0.790. The van der Waals surface area contributed by atoms with Gasteiger partial charge in [-0.2, -0.15) is 26.3 Å². The summed E-state index contributed by atoms with van der Waals surface area (Å²) in [6.07, 6.45) is -11.6. The van der Waals surface area contributed by atoms with Crippen LogP contribution in [0.15, 0.2) is 65.5 Å². The Morgan fingerprint density at radius 1 is 0.871 bits per heavy atom. The standard InChI is InChI=1S/C21H19F6N3O/c1-14-17(18(31)30(29-14)16-10-6-3-7-11-16)19(20(22,23)24,21(25,26)27)28-13-12-15-8-4-2-5-9-15/h2-11,28-29H,12-13H2,1H3/p+1. The zero-order valence-electron chi connectivity index (χ0n) is 16.4. The Morgan fingerprint density at radius 3 is 1.90 bits per heavy atom. The summed E-state index contributed by atoms with van der Waals surface area (Å²) in [5.41, 5.74) is -6.96. The van der Waals surface area contributed by atoms with Gasteiger partial charge in [0.05, 0.1) is 12.2 Å². The first kappa shape index (κ1) is 22.7. The number of nitrogens with one attached hydrogen (secondary N) is 1. The van der Waals surface area contributed by atoms with E-state index in [-0.39, 0.29) is 17.4 Å². The molecule has 0 saturated heterocycles. The lowest BCUT2D eigenvalue weighted by atomic mass is 9.88. The second-order valence-electron chi connectivity index (χ2n) is 7.12. The van der Waals surface area contributed by atoms with Crippen LogP contribution in [0, 0.1) is 6.92 Å². The quantitative estimate of drug-likeness (QED) is 0.561. The molecule has 0 fully saturated rings. The highest BCUT2D eigenvalue weighted by atomic mass is 19.4. The second-order valence-corrected chi connectivity index (χ2v) is 7.12. The first-order valence-electron chi connectivity index (χ1n) is 9.38. The molecule has 1 aromatic heterocycles. The Labute approximate surface area is 173 Å². The topological polar surface area (TPSA) is 54.4 Å². The highest BCUT2D eigenvalue weighted by Gasteiger charge is 2.77. The van der Waals surface area contributed by atoms with E-state index in [1.54, 1.807) is 36.4 Å². The molecule has 1 heterocycles. The number of quaternary nitrogens is 1. The van der Waals surface area contributed by atoms with Gasteiger partial charge in [-0.1, -0.05) is 48.5 Å². The van der Waals surface area contributed by atoms with E-state index in [2.05, 4.69) is 5.10 Å². The van der Waals surface area contributed by atoms with Gasteiger partial charge in [-0.3, -0.25) is 9.89 Å². The van der Waals surface area contributed by atoms with Gasteiger partial charge < -0.3 is 5.32 Å². The van der Waals surface area contributed by atoms with E-state index >= 15 is 0 Å². The van der Waals surface area contributed by atoms with Gasteiger partial charge in [0.2, 0.25) is 0 Å². The largest absolute Gasteiger partial charge is 0.458 e. The molecule has 0 aliphatic carbocycles. The van der Waals surface area contributed by atoms with Gasteiger partial charge in [0.25, 0.3) is 5.56 Å². The van der Waals surface area contributed by atoms with Crippen molar-refractivity contribution in [3.05, 3.63) is 87.8 Å². The molecule has 0 amide bonds. The summed E-state index contributed by atoms with van der Waals surface area (Å²) >= 11 is 0. The minimum atomic E-state index is -5.78. The van der Waals surface area contributed by atoms with Crippen LogP contribution in [-0.4, -0.2) is 28.7 Å². The summed E-state index contributed by atoms with van der Waals surface area (Å²) < 4.78 is 85.5. The molecule has 3 rings (SSSR count). The maximum Gasteiger partial charge on any atom is 0.458 e. The molecular weight excluding hydrogens is 424 g/mol. The molecule has 0 spiro atoms. The van der Waals surface area contributed by atoms with E-state index in [1.807, 2.05) is 0 Å². The van der Waals surface area contributed by atoms with Crippen molar-refractivity contribution in [1.82, 2.24) is 9.78 Å². The second kappa shape index (κ2) is 8.26. The zero-order valence-corrected chi connectivity index (χ0v) is 16.4. The van der Waals surface area contributed by atoms with Crippen LogP contribution < -0.4 is 10.9 Å². The number of aromatic nitrogens is 2. The van der Waals surface area contributed by atoms with E-state index in [4.69, 9.17) is 0 Å². The highest BCUT2D eigenvalue weighted by Crippen LogP contribution is 2.47. The van der Waals surface area contributed by atoms with E-state index in [0.29, 0.717) is 10.2 Å². The molecule has 10 heteroatoms. The molecule has 0 unspecified atom stereocenters. The third-order valence-corrected chi connectivity index (χ3v) is 5.10. The Balaban J connectivity index is 2.13. The first-order chi connectivity index (χ1) is 14.5. The van der Waals surface area contributed by atoms with Crippen molar-refractivity contribution in [2.24, 2.45) is 0 Å². The number of para-hydroxylation sites is 1. The van der Waals surface area contributed by atoms with Crippen molar-refractivity contribution in [2.45, 2.75) is 31.2 Å². The Morgan fingerprint density at radius 2 is 1.39 bits per heavy atom. The maximum absolute atomic E-state index is 14.1. The molecule has 0 radical (unpaired) electrons. The maximum atomic E-state index is 14.1. The summed E-state index contributed by atoms with van der Waals surface area (Å²) in [5, 5.41) is 2.54. The van der Waals surface area contributed by atoms with Gasteiger partial charge in [0.1, 0.15) is 5.56 Å². The minimum absolute atomic E-state index is 0.0366. The van der Waals surface area contributed by atoms with Crippen molar-refractivity contribution in [1.29, 1.82) is 0 Å². The number of nitrogens with two attached hydrogens (primary N) is 1. The zero-order chi connectivity index (χ0) is 22.9. The van der Waals surface area contributed by atoms with Gasteiger partial charge in [0, 0.05) is 12.1 Å². The van der Waals surface area contributed by atoms with E-state index in [1.165, 1.54) is 24.3 Å². The van der Waals surface area contributed by atoms with E-state index in [0.717, 1.165) is 6.92 Å². The summed E-state index contributed by atoms with van der Waals surface area (Å²) in [6, 6.07) is 15.7. The fraction of sp³-hybridized carbons (Fsp3) is 0.286. The summed E-state index contributed by atoms with van der Waals surface area (Å²) in [7, 11) is 0. The number of halogens is 6. The number of H-pyrrole nitrogens is 1. The normalized spacial score (nSPS) is 12.9. The SMILES string of the molecule is Cc1[nH]n(-c2ccccc2)c(=O)c1C([NH2+]CCc1ccccc1)(C(F)(F)F)C(F)(F)F. The number of aryl methyl sites for hydroxylation is 1. The number of rotatable bonds is 6. The number of nitrogens with zero attached hydrogens (tertiary/aromatic N) is 1. The van der Waals surface area contributed by atoms with Crippen LogP contribution in [0.1, 0.15) is 16.8 Å². The van der Waals surface area contributed by atoms with Gasteiger partial charge >= 0.3 is 17.9 Å². The first-order valence-corrected chi connectivity index (χ1v) is 9.38. The van der Waals surface area contributed by atoms with Gasteiger partial charge in [-0.25, -0.2) is 4.68 Å². The Bertz CT molecular complexity index is 1050. The molecule has 0 atom stereocenters. The highest BCUT2D eigenvalue weighted by molar-refractivity contribution is 5.36. The van der Waals surface area contributed by atoms with Crippen LogP contribution >= 0.6 is 0 Å². The van der Waals surface area contributed by atoms with Crippen LogP contribution in [0.25, 0.3) is 5.69 Å². The van der Waals surface area contributed by atoms with Crippen molar-refractivity contribution in [2.75, 3.05) is 6.54 Å². The monoisotopic (exact) mass is 444 g/mol. The molecule has 0 aliphatic rings. The molecular formula is C21H20F6N3O+. The smallest absolute Gasteiger partial charge is 0.322 e. The van der Waals surface area contributed by atoms with Gasteiger partial charge in [-0.05, 0) is 24.6 Å². The van der Waals surface area contributed by atoms with Crippen LogP contribution in [0.4, 0.5) is 26.3 Å². The van der Waals surface area contributed by atoms with E-state index < -0.39 is 41.3 Å².